The standard InChI is InChI=1S/C27H32N6O2/c1-18-4-3-5-19(2)24(18)31-26(34)23-16-28-27(32-25(23)29-21-10-11-21)30-22-8-6-20(7-9-22)17-33-12-14-35-15-13-33/h3-9,16,21H,10-15,17H2,1-2H3,(H,31,34)(H2,28,29,30,32). The Hall–Kier alpha value is -3.49. The number of hydrogen-bond donors (Lipinski definition) is 3. The zero-order chi connectivity index (χ0) is 24.2. The van der Waals surface area contributed by atoms with Crippen molar-refractivity contribution in [2.24, 2.45) is 0 Å². The molecule has 1 aromatic heterocycles. The van der Waals surface area contributed by atoms with Crippen LogP contribution in [0.5, 0.6) is 0 Å². The predicted molar refractivity (Wildman–Crippen MR) is 138 cm³/mol. The molecule has 0 radical (unpaired) electrons. The quantitative estimate of drug-likeness (QED) is 0.445. The van der Waals surface area contributed by atoms with E-state index in [4.69, 9.17) is 4.74 Å². The fourth-order valence-corrected chi connectivity index (χ4v) is 4.17. The number of para-hydroxylation sites is 1. The van der Waals surface area contributed by atoms with E-state index in [-0.39, 0.29) is 5.91 Å². The summed E-state index contributed by atoms with van der Waals surface area (Å²) >= 11 is 0. The summed E-state index contributed by atoms with van der Waals surface area (Å²) in [6.45, 7) is 8.42. The minimum atomic E-state index is -0.218. The molecule has 3 aromatic rings. The average Bonchev–Trinajstić information content (AvgIpc) is 3.68. The highest BCUT2D eigenvalue weighted by Crippen LogP contribution is 2.28. The Labute approximate surface area is 206 Å². The highest BCUT2D eigenvalue weighted by molar-refractivity contribution is 6.08. The molecule has 1 aliphatic carbocycles. The molecule has 0 spiro atoms. The van der Waals surface area contributed by atoms with Crippen LogP contribution in [0.4, 0.5) is 23.1 Å². The highest BCUT2D eigenvalue weighted by atomic mass is 16.5. The molecule has 2 fully saturated rings. The summed E-state index contributed by atoms with van der Waals surface area (Å²) in [6.07, 6.45) is 3.75. The molecule has 2 heterocycles. The number of nitrogens with one attached hydrogen (secondary N) is 3. The van der Waals surface area contributed by atoms with E-state index < -0.39 is 0 Å². The normalized spacial score (nSPS) is 16.1. The summed E-state index contributed by atoms with van der Waals surface area (Å²) < 4.78 is 5.43. The second-order valence-electron chi connectivity index (χ2n) is 9.31. The second kappa shape index (κ2) is 10.4. The van der Waals surface area contributed by atoms with Gasteiger partial charge in [-0.15, -0.1) is 0 Å². The fourth-order valence-electron chi connectivity index (χ4n) is 4.17. The molecule has 3 N–H and O–H groups in total. The number of amides is 1. The first-order chi connectivity index (χ1) is 17.0. The van der Waals surface area contributed by atoms with Crippen molar-refractivity contribution in [3.63, 3.8) is 0 Å². The van der Waals surface area contributed by atoms with Gasteiger partial charge in [0.25, 0.3) is 5.91 Å². The van der Waals surface area contributed by atoms with Crippen molar-refractivity contribution in [3.8, 4) is 0 Å². The lowest BCUT2D eigenvalue weighted by atomic mass is 10.1. The maximum Gasteiger partial charge on any atom is 0.261 e. The number of rotatable bonds is 8. The first-order valence-electron chi connectivity index (χ1n) is 12.2. The van der Waals surface area contributed by atoms with Crippen LogP contribution < -0.4 is 16.0 Å². The first kappa shape index (κ1) is 23.3. The summed E-state index contributed by atoms with van der Waals surface area (Å²) in [5, 5.41) is 9.72. The highest BCUT2D eigenvalue weighted by Gasteiger charge is 2.25. The third-order valence-electron chi connectivity index (χ3n) is 6.39. The Morgan fingerprint density at radius 3 is 2.46 bits per heavy atom. The number of hydrogen-bond acceptors (Lipinski definition) is 7. The largest absolute Gasteiger partial charge is 0.379 e. The minimum Gasteiger partial charge on any atom is -0.379 e. The third-order valence-corrected chi connectivity index (χ3v) is 6.39. The lowest BCUT2D eigenvalue weighted by molar-refractivity contribution is 0.0342. The molecule has 35 heavy (non-hydrogen) atoms. The van der Waals surface area contributed by atoms with E-state index in [0.717, 1.165) is 68.2 Å². The first-order valence-corrected chi connectivity index (χ1v) is 12.2. The van der Waals surface area contributed by atoms with Crippen LogP contribution >= 0.6 is 0 Å². The molecule has 0 atom stereocenters. The molecule has 2 aromatic carbocycles. The van der Waals surface area contributed by atoms with E-state index in [1.54, 1.807) is 6.20 Å². The number of benzene rings is 2. The van der Waals surface area contributed by atoms with Gasteiger partial charge in [-0.3, -0.25) is 9.69 Å². The molecular formula is C27H32N6O2. The van der Waals surface area contributed by atoms with Gasteiger partial charge >= 0.3 is 0 Å². The monoisotopic (exact) mass is 472 g/mol. The summed E-state index contributed by atoms with van der Waals surface area (Å²) in [6, 6.07) is 14.6. The van der Waals surface area contributed by atoms with E-state index in [9.17, 15) is 4.79 Å². The number of morpholine rings is 1. The molecule has 5 rings (SSSR count). The molecular weight excluding hydrogens is 440 g/mol. The lowest BCUT2D eigenvalue weighted by Crippen LogP contribution is -2.35. The van der Waals surface area contributed by atoms with Crippen molar-refractivity contribution in [1.82, 2.24) is 14.9 Å². The van der Waals surface area contributed by atoms with Crippen LogP contribution in [0.1, 0.15) is 39.9 Å². The molecule has 1 saturated heterocycles. The summed E-state index contributed by atoms with van der Waals surface area (Å²) in [5.74, 6) is 0.792. The van der Waals surface area contributed by atoms with E-state index in [1.165, 1.54) is 5.56 Å². The maximum absolute atomic E-state index is 13.1. The smallest absolute Gasteiger partial charge is 0.261 e. The van der Waals surface area contributed by atoms with Gasteiger partial charge in [-0.1, -0.05) is 30.3 Å². The van der Waals surface area contributed by atoms with Crippen molar-refractivity contribution < 1.29 is 9.53 Å². The Morgan fingerprint density at radius 1 is 1.06 bits per heavy atom. The van der Waals surface area contributed by atoms with Crippen molar-refractivity contribution in [3.05, 3.63) is 70.9 Å². The average molecular weight is 473 g/mol. The van der Waals surface area contributed by atoms with Gasteiger partial charge in [-0.05, 0) is 55.5 Å². The van der Waals surface area contributed by atoms with Gasteiger partial charge < -0.3 is 20.7 Å². The Morgan fingerprint density at radius 2 is 1.77 bits per heavy atom. The van der Waals surface area contributed by atoms with Crippen LogP contribution in [0.15, 0.2) is 48.7 Å². The number of carbonyl (C=O) groups excluding carboxylic acids is 1. The summed E-state index contributed by atoms with van der Waals surface area (Å²) in [7, 11) is 0. The van der Waals surface area contributed by atoms with Crippen LogP contribution in [0.2, 0.25) is 0 Å². The van der Waals surface area contributed by atoms with Gasteiger partial charge in [0.2, 0.25) is 5.95 Å². The second-order valence-corrected chi connectivity index (χ2v) is 9.31. The Balaban J connectivity index is 1.30. The van der Waals surface area contributed by atoms with Crippen LogP contribution in [-0.4, -0.2) is 53.1 Å². The van der Waals surface area contributed by atoms with E-state index in [2.05, 4.69) is 43.0 Å². The minimum absolute atomic E-state index is 0.218. The molecule has 1 saturated carbocycles. The Kier molecular flexibility index (Phi) is 6.92. The van der Waals surface area contributed by atoms with Gasteiger partial charge in [0.1, 0.15) is 11.4 Å². The molecule has 8 heteroatoms. The Bertz CT molecular complexity index is 1170. The molecule has 1 aliphatic heterocycles. The molecule has 2 aliphatic rings. The van der Waals surface area contributed by atoms with E-state index >= 15 is 0 Å². The van der Waals surface area contributed by atoms with Gasteiger partial charge in [0.15, 0.2) is 0 Å². The van der Waals surface area contributed by atoms with Crippen molar-refractivity contribution in [2.75, 3.05) is 42.3 Å². The lowest BCUT2D eigenvalue weighted by Gasteiger charge is -2.26. The van der Waals surface area contributed by atoms with Gasteiger partial charge in [-0.2, -0.15) is 4.98 Å². The van der Waals surface area contributed by atoms with Crippen LogP contribution in [0.25, 0.3) is 0 Å². The van der Waals surface area contributed by atoms with Crippen molar-refractivity contribution >= 4 is 29.0 Å². The molecule has 182 valence electrons. The number of aryl methyl sites for hydroxylation is 2. The van der Waals surface area contributed by atoms with Crippen molar-refractivity contribution in [1.29, 1.82) is 0 Å². The van der Waals surface area contributed by atoms with Crippen LogP contribution in [-0.2, 0) is 11.3 Å². The fraction of sp³-hybridized carbons (Fsp3) is 0.370. The number of anilines is 4. The zero-order valence-electron chi connectivity index (χ0n) is 20.3. The summed E-state index contributed by atoms with van der Waals surface area (Å²) in [4.78, 5) is 24.6. The molecule has 8 nitrogen and oxygen atoms in total. The topological polar surface area (TPSA) is 91.4 Å². The number of aromatic nitrogens is 2. The van der Waals surface area contributed by atoms with Gasteiger partial charge in [0.05, 0.1) is 13.2 Å². The molecule has 0 bridgehead atoms. The third kappa shape index (κ3) is 5.96. The van der Waals surface area contributed by atoms with E-state index in [1.807, 2.05) is 44.2 Å². The maximum atomic E-state index is 13.1. The van der Waals surface area contributed by atoms with Gasteiger partial charge in [0, 0.05) is 43.2 Å². The zero-order valence-corrected chi connectivity index (χ0v) is 20.3. The SMILES string of the molecule is Cc1cccc(C)c1NC(=O)c1cnc(Nc2ccc(CN3CCOCC3)cc2)nc1NC1CC1. The molecule has 0 unspecified atom stereocenters. The number of nitrogens with zero attached hydrogens (tertiary/aromatic N) is 3. The number of carbonyl (C=O) groups is 1. The van der Waals surface area contributed by atoms with Gasteiger partial charge in [-0.25, -0.2) is 4.98 Å². The number of ether oxygens (including phenoxy) is 1. The predicted octanol–water partition coefficient (Wildman–Crippen LogP) is 4.50. The van der Waals surface area contributed by atoms with E-state index in [0.29, 0.717) is 23.4 Å². The summed E-state index contributed by atoms with van der Waals surface area (Å²) in [5.41, 5.74) is 5.46. The van der Waals surface area contributed by atoms with Crippen LogP contribution in [0.3, 0.4) is 0 Å². The van der Waals surface area contributed by atoms with Crippen LogP contribution in [0, 0.1) is 13.8 Å². The molecule has 1 amide bonds. The van der Waals surface area contributed by atoms with Crippen molar-refractivity contribution in [2.45, 2.75) is 39.3 Å².